The maximum atomic E-state index is 6.06. The minimum atomic E-state index is 0. The number of benzene rings is 1. The van der Waals surface area contributed by atoms with Gasteiger partial charge in [0.1, 0.15) is 5.75 Å². The van der Waals surface area contributed by atoms with E-state index in [1.165, 1.54) is 12.0 Å². The molecular weight excluding hydrogens is 493 g/mol. The molecule has 7 nitrogen and oxygen atoms in total. The second-order valence-electron chi connectivity index (χ2n) is 7.69. The highest BCUT2D eigenvalue weighted by molar-refractivity contribution is 14.0. The Balaban J connectivity index is 0.00000450. The summed E-state index contributed by atoms with van der Waals surface area (Å²) in [7, 11) is 1.77. The number of aromatic nitrogens is 2. The summed E-state index contributed by atoms with van der Waals surface area (Å²) in [5.41, 5.74) is 2.33. The van der Waals surface area contributed by atoms with Crippen molar-refractivity contribution in [2.45, 2.75) is 59.9 Å². The van der Waals surface area contributed by atoms with Gasteiger partial charge in [-0.05, 0) is 50.7 Å². The fraction of sp³-hybridized carbons (Fsp3) is 0.591. The first kappa shape index (κ1) is 26.2. The number of nitrogens with one attached hydrogen (secondary N) is 2. The van der Waals surface area contributed by atoms with E-state index in [1.807, 2.05) is 6.92 Å². The van der Waals surface area contributed by atoms with Gasteiger partial charge in [-0.1, -0.05) is 31.1 Å². The first-order valence-corrected chi connectivity index (χ1v) is 10.4. The molecule has 0 saturated carbocycles. The molecule has 2 rings (SSSR count). The average Bonchev–Trinajstić information content (AvgIpc) is 3.10. The van der Waals surface area contributed by atoms with E-state index < -0.39 is 0 Å². The van der Waals surface area contributed by atoms with Crippen LogP contribution in [0.4, 0.5) is 0 Å². The van der Waals surface area contributed by atoms with Gasteiger partial charge in [0, 0.05) is 32.1 Å². The van der Waals surface area contributed by atoms with Crippen LogP contribution in [0.25, 0.3) is 0 Å². The van der Waals surface area contributed by atoms with E-state index in [2.05, 4.69) is 64.7 Å². The number of rotatable bonds is 11. The van der Waals surface area contributed by atoms with E-state index in [0.29, 0.717) is 24.2 Å². The van der Waals surface area contributed by atoms with Crippen molar-refractivity contribution in [1.29, 1.82) is 0 Å². The Morgan fingerprint density at radius 3 is 2.67 bits per heavy atom. The number of ether oxygens (including phenoxy) is 1. The number of aryl methyl sites for hydroxylation is 3. The Hall–Kier alpha value is -1.84. The molecule has 0 saturated heterocycles. The smallest absolute Gasteiger partial charge is 0.226 e. The van der Waals surface area contributed by atoms with Gasteiger partial charge < -0.3 is 19.9 Å². The third-order valence-corrected chi connectivity index (χ3v) is 4.51. The third-order valence-electron chi connectivity index (χ3n) is 4.51. The van der Waals surface area contributed by atoms with Gasteiger partial charge in [-0.15, -0.1) is 24.0 Å². The third kappa shape index (κ3) is 9.77. The fourth-order valence-corrected chi connectivity index (χ4v) is 2.90. The Kier molecular flexibility index (Phi) is 12.4. The van der Waals surface area contributed by atoms with Gasteiger partial charge in [0.15, 0.2) is 11.8 Å². The van der Waals surface area contributed by atoms with E-state index in [9.17, 15) is 0 Å². The molecule has 0 aliphatic heterocycles. The molecule has 0 amide bonds. The highest BCUT2D eigenvalue weighted by Crippen LogP contribution is 2.21. The number of nitrogens with zero attached hydrogens (tertiary/aromatic N) is 3. The molecule has 0 fully saturated rings. The topological polar surface area (TPSA) is 84.6 Å². The van der Waals surface area contributed by atoms with Crippen molar-refractivity contribution < 1.29 is 9.26 Å². The van der Waals surface area contributed by atoms with E-state index in [-0.39, 0.29) is 24.0 Å². The Morgan fingerprint density at radius 2 is 2.00 bits per heavy atom. The van der Waals surface area contributed by atoms with Gasteiger partial charge in [-0.3, -0.25) is 4.99 Å². The average molecular weight is 529 g/mol. The molecule has 0 aliphatic rings. The molecule has 2 N–H and O–H groups in total. The SMILES string of the molecule is CN=C(NCCCc1nc(C)no1)NCc1ccc(C)cc1OCCCC(C)C.I. The largest absolute Gasteiger partial charge is 0.493 e. The highest BCUT2D eigenvalue weighted by Gasteiger charge is 2.07. The number of hydrogen-bond acceptors (Lipinski definition) is 5. The minimum Gasteiger partial charge on any atom is -0.493 e. The summed E-state index contributed by atoms with van der Waals surface area (Å²) in [5, 5.41) is 10.5. The first-order valence-electron chi connectivity index (χ1n) is 10.4. The quantitative estimate of drug-likeness (QED) is 0.194. The molecule has 0 bridgehead atoms. The molecule has 2 aromatic rings. The summed E-state index contributed by atoms with van der Waals surface area (Å²) in [6, 6.07) is 6.33. The van der Waals surface area contributed by atoms with Crippen LogP contribution in [0.3, 0.4) is 0 Å². The Morgan fingerprint density at radius 1 is 1.20 bits per heavy atom. The van der Waals surface area contributed by atoms with Crippen molar-refractivity contribution in [2.75, 3.05) is 20.2 Å². The number of halogens is 1. The van der Waals surface area contributed by atoms with E-state index in [4.69, 9.17) is 9.26 Å². The number of aliphatic imine (C=N–C) groups is 1. The van der Waals surface area contributed by atoms with Crippen LogP contribution in [-0.4, -0.2) is 36.3 Å². The minimum absolute atomic E-state index is 0. The molecule has 168 valence electrons. The van der Waals surface area contributed by atoms with Crippen molar-refractivity contribution in [3.8, 4) is 5.75 Å². The molecule has 0 atom stereocenters. The molecule has 30 heavy (non-hydrogen) atoms. The zero-order valence-corrected chi connectivity index (χ0v) is 21.2. The van der Waals surface area contributed by atoms with Crippen LogP contribution in [0.1, 0.15) is 56.0 Å². The van der Waals surface area contributed by atoms with E-state index in [0.717, 1.165) is 49.7 Å². The number of guanidine groups is 1. The second-order valence-corrected chi connectivity index (χ2v) is 7.69. The summed E-state index contributed by atoms with van der Waals surface area (Å²) < 4.78 is 11.2. The van der Waals surface area contributed by atoms with Crippen LogP contribution >= 0.6 is 24.0 Å². The predicted molar refractivity (Wildman–Crippen MR) is 132 cm³/mol. The maximum Gasteiger partial charge on any atom is 0.226 e. The lowest BCUT2D eigenvalue weighted by Gasteiger charge is -2.16. The standard InChI is InChI=1S/C22H35N5O2.HI/c1-16(2)8-7-13-28-20-14-17(3)10-11-19(20)15-25-22(23-5)24-12-6-9-21-26-18(4)27-29-21;/h10-11,14,16H,6-9,12-13,15H2,1-5H3,(H2,23,24,25);1H. The molecule has 1 aromatic carbocycles. The summed E-state index contributed by atoms with van der Waals surface area (Å²) in [6.45, 7) is 10.6. The van der Waals surface area contributed by atoms with Gasteiger partial charge in [0.25, 0.3) is 0 Å². The Labute approximate surface area is 197 Å². The molecule has 8 heteroatoms. The summed E-state index contributed by atoms with van der Waals surface area (Å²) >= 11 is 0. The first-order chi connectivity index (χ1) is 14.0. The number of hydrogen-bond donors (Lipinski definition) is 2. The van der Waals surface area contributed by atoms with Crippen molar-refractivity contribution in [1.82, 2.24) is 20.8 Å². The van der Waals surface area contributed by atoms with Gasteiger partial charge >= 0.3 is 0 Å². The van der Waals surface area contributed by atoms with Gasteiger partial charge in [-0.2, -0.15) is 4.98 Å². The molecule has 1 aromatic heterocycles. The maximum absolute atomic E-state index is 6.06. The van der Waals surface area contributed by atoms with Crippen molar-refractivity contribution >= 4 is 29.9 Å². The van der Waals surface area contributed by atoms with Gasteiger partial charge in [0.05, 0.1) is 6.61 Å². The predicted octanol–water partition coefficient (Wildman–Crippen LogP) is 4.42. The highest BCUT2D eigenvalue weighted by atomic mass is 127. The monoisotopic (exact) mass is 529 g/mol. The van der Waals surface area contributed by atoms with Gasteiger partial charge in [0.2, 0.25) is 5.89 Å². The van der Waals surface area contributed by atoms with Gasteiger partial charge in [-0.25, -0.2) is 0 Å². The lowest BCUT2D eigenvalue weighted by atomic mass is 10.1. The lowest BCUT2D eigenvalue weighted by molar-refractivity contribution is 0.294. The molecular formula is C22H36IN5O2. The molecule has 0 spiro atoms. The second kappa shape index (κ2) is 14.2. The molecule has 1 heterocycles. The van der Waals surface area contributed by atoms with Crippen molar-refractivity contribution in [3.63, 3.8) is 0 Å². The molecule has 0 radical (unpaired) electrons. The van der Waals surface area contributed by atoms with Crippen LogP contribution in [0.5, 0.6) is 5.75 Å². The van der Waals surface area contributed by atoms with Crippen molar-refractivity contribution in [2.24, 2.45) is 10.9 Å². The van der Waals surface area contributed by atoms with Crippen molar-refractivity contribution in [3.05, 3.63) is 41.0 Å². The van der Waals surface area contributed by atoms with E-state index in [1.54, 1.807) is 7.05 Å². The lowest BCUT2D eigenvalue weighted by Crippen LogP contribution is -2.37. The summed E-state index contributed by atoms with van der Waals surface area (Å²) in [6.07, 6.45) is 3.88. The van der Waals surface area contributed by atoms with Crippen LogP contribution < -0.4 is 15.4 Å². The summed E-state index contributed by atoms with van der Waals surface area (Å²) in [4.78, 5) is 8.51. The zero-order valence-electron chi connectivity index (χ0n) is 18.8. The fourth-order valence-electron chi connectivity index (χ4n) is 2.90. The normalized spacial score (nSPS) is 11.3. The zero-order chi connectivity index (χ0) is 21.1. The van der Waals surface area contributed by atoms with Crippen LogP contribution in [0, 0.1) is 19.8 Å². The molecule has 0 aliphatic carbocycles. The van der Waals surface area contributed by atoms with Crippen LogP contribution in [-0.2, 0) is 13.0 Å². The van der Waals surface area contributed by atoms with Crippen LogP contribution in [0.2, 0.25) is 0 Å². The Bertz CT molecular complexity index is 777. The molecule has 0 unspecified atom stereocenters. The van der Waals surface area contributed by atoms with Crippen LogP contribution in [0.15, 0.2) is 27.7 Å². The van der Waals surface area contributed by atoms with E-state index >= 15 is 0 Å². The summed E-state index contributed by atoms with van der Waals surface area (Å²) in [5.74, 6) is 3.76.